The zero-order chi connectivity index (χ0) is 21.7. The Kier molecular flexibility index (Phi) is 6.65. The van der Waals surface area contributed by atoms with E-state index >= 15 is 0 Å². The number of nitrogens with one attached hydrogen (secondary N) is 2. The van der Waals surface area contributed by atoms with Crippen LogP contribution in [0.25, 0.3) is 11.3 Å². The third kappa shape index (κ3) is 5.34. The minimum absolute atomic E-state index is 0.00877. The molecular formula is C19H14Cl2N4O5. The van der Waals surface area contributed by atoms with Crippen molar-refractivity contribution in [3.8, 4) is 11.3 Å². The summed E-state index contributed by atoms with van der Waals surface area (Å²) in [5.41, 5.74) is 5.15. The third-order valence-corrected chi connectivity index (χ3v) is 4.52. The van der Waals surface area contributed by atoms with Gasteiger partial charge in [-0.25, -0.2) is 4.98 Å². The highest BCUT2D eigenvalue weighted by atomic mass is 35.5. The number of hydrogen-bond acceptors (Lipinski definition) is 6. The normalized spacial score (nSPS) is 10.5. The Hall–Kier alpha value is -3.43. The quantitative estimate of drug-likeness (QED) is 0.433. The van der Waals surface area contributed by atoms with Crippen molar-refractivity contribution in [1.82, 2.24) is 15.8 Å². The molecule has 0 saturated carbocycles. The van der Waals surface area contributed by atoms with E-state index in [4.69, 9.17) is 27.6 Å². The molecule has 0 atom stereocenters. The molecule has 0 unspecified atom stereocenters. The van der Waals surface area contributed by atoms with Gasteiger partial charge in [-0.2, -0.15) is 0 Å². The Labute approximate surface area is 180 Å². The number of non-ortho nitro benzene ring substituents is 1. The summed E-state index contributed by atoms with van der Waals surface area (Å²) >= 11 is 12.0. The van der Waals surface area contributed by atoms with Gasteiger partial charge in [0.1, 0.15) is 0 Å². The maximum Gasteiger partial charge on any atom is 0.269 e. The number of halogens is 2. The molecule has 0 spiro atoms. The molecule has 0 saturated heterocycles. The number of hydrazine groups is 1. The first-order valence-corrected chi connectivity index (χ1v) is 9.33. The van der Waals surface area contributed by atoms with Crippen LogP contribution in [0.1, 0.15) is 22.7 Å². The average Bonchev–Trinajstić information content (AvgIpc) is 3.19. The number of carbonyl (C=O) groups is 2. The van der Waals surface area contributed by atoms with Crippen LogP contribution >= 0.6 is 23.2 Å². The number of rotatable bonds is 6. The number of hydrogen-bond donors (Lipinski definition) is 2. The minimum Gasteiger partial charge on any atom is -0.441 e. The second-order valence-electron chi connectivity index (χ2n) is 6.05. The van der Waals surface area contributed by atoms with Gasteiger partial charge in [0.25, 0.3) is 11.6 Å². The fraction of sp³-hybridized carbons (Fsp3) is 0.105. The van der Waals surface area contributed by atoms with Crippen LogP contribution in [0.2, 0.25) is 10.0 Å². The van der Waals surface area contributed by atoms with Crippen LogP contribution in [0.5, 0.6) is 0 Å². The average molecular weight is 449 g/mol. The molecule has 0 fully saturated rings. The van der Waals surface area contributed by atoms with Crippen molar-refractivity contribution < 1.29 is 18.9 Å². The number of aryl methyl sites for hydroxylation is 1. The van der Waals surface area contributed by atoms with E-state index in [0.717, 1.165) is 0 Å². The molecule has 3 aromatic rings. The van der Waals surface area contributed by atoms with Crippen LogP contribution in [0.15, 0.2) is 53.1 Å². The van der Waals surface area contributed by atoms with Crippen molar-refractivity contribution in [2.24, 2.45) is 0 Å². The Morgan fingerprint density at radius 3 is 2.50 bits per heavy atom. The molecule has 3 rings (SSSR count). The fourth-order valence-corrected chi connectivity index (χ4v) is 2.96. The topological polar surface area (TPSA) is 127 Å². The number of carbonyl (C=O) groups excluding carboxylic acids is 2. The number of nitrogens with zero attached hydrogens (tertiary/aromatic N) is 2. The zero-order valence-electron chi connectivity index (χ0n) is 15.2. The Morgan fingerprint density at radius 1 is 1.10 bits per heavy atom. The largest absolute Gasteiger partial charge is 0.441 e. The molecule has 9 nitrogen and oxygen atoms in total. The SMILES string of the molecule is O=C(CCc1ncc(-c2ccc(Cl)cc2Cl)o1)NNC(=O)c1ccc([N+](=O)[O-])cc1. The molecule has 0 radical (unpaired) electrons. The molecule has 1 heterocycles. The van der Waals surface area contributed by atoms with E-state index in [-0.39, 0.29) is 24.1 Å². The van der Waals surface area contributed by atoms with Gasteiger partial charge in [0.2, 0.25) is 5.91 Å². The standard InChI is InChI=1S/C19H14Cl2N4O5/c20-12-3-6-14(15(21)9-12)16-10-22-18(30-16)8-7-17(26)23-24-19(27)11-1-4-13(5-2-11)25(28)29/h1-6,9-10H,7-8H2,(H,23,26)(H,24,27). The van der Waals surface area contributed by atoms with E-state index in [2.05, 4.69) is 15.8 Å². The van der Waals surface area contributed by atoms with E-state index in [9.17, 15) is 19.7 Å². The summed E-state index contributed by atoms with van der Waals surface area (Å²) in [6.07, 6.45) is 1.71. The highest BCUT2D eigenvalue weighted by Gasteiger charge is 2.13. The van der Waals surface area contributed by atoms with Crippen LogP contribution in [-0.2, 0) is 11.2 Å². The lowest BCUT2D eigenvalue weighted by Crippen LogP contribution is -2.41. The van der Waals surface area contributed by atoms with Crippen molar-refractivity contribution in [3.05, 3.63) is 80.3 Å². The lowest BCUT2D eigenvalue weighted by molar-refractivity contribution is -0.384. The molecule has 11 heteroatoms. The van der Waals surface area contributed by atoms with Gasteiger partial charge in [0.05, 0.1) is 16.1 Å². The van der Waals surface area contributed by atoms with Crippen molar-refractivity contribution in [3.63, 3.8) is 0 Å². The monoisotopic (exact) mass is 448 g/mol. The molecule has 0 bridgehead atoms. The predicted molar refractivity (Wildman–Crippen MR) is 109 cm³/mol. The fourth-order valence-electron chi connectivity index (χ4n) is 2.46. The van der Waals surface area contributed by atoms with Crippen molar-refractivity contribution in [2.45, 2.75) is 12.8 Å². The first-order chi connectivity index (χ1) is 14.3. The maximum absolute atomic E-state index is 12.0. The molecule has 1 aromatic heterocycles. The Bertz CT molecular complexity index is 1100. The number of aromatic nitrogens is 1. The van der Waals surface area contributed by atoms with Crippen LogP contribution in [0, 0.1) is 10.1 Å². The zero-order valence-corrected chi connectivity index (χ0v) is 16.7. The first-order valence-electron chi connectivity index (χ1n) is 8.57. The summed E-state index contributed by atoms with van der Waals surface area (Å²) < 4.78 is 5.61. The van der Waals surface area contributed by atoms with Gasteiger partial charge < -0.3 is 4.42 Å². The van der Waals surface area contributed by atoms with Crippen molar-refractivity contribution in [2.75, 3.05) is 0 Å². The van der Waals surface area contributed by atoms with E-state index in [1.807, 2.05) is 0 Å². The Balaban J connectivity index is 1.49. The number of nitro benzene ring substituents is 1. The lowest BCUT2D eigenvalue weighted by atomic mass is 10.2. The molecule has 30 heavy (non-hydrogen) atoms. The van der Waals surface area contributed by atoms with E-state index in [1.165, 1.54) is 30.5 Å². The van der Waals surface area contributed by atoms with Gasteiger partial charge >= 0.3 is 0 Å². The summed E-state index contributed by atoms with van der Waals surface area (Å²) in [5, 5.41) is 11.5. The van der Waals surface area contributed by atoms with E-state index < -0.39 is 16.7 Å². The van der Waals surface area contributed by atoms with Gasteiger partial charge in [0, 0.05) is 41.1 Å². The maximum atomic E-state index is 12.0. The van der Waals surface area contributed by atoms with E-state index in [1.54, 1.807) is 18.2 Å². The van der Waals surface area contributed by atoms with Crippen molar-refractivity contribution >= 4 is 40.7 Å². The summed E-state index contributed by atoms with van der Waals surface area (Å²) in [6, 6.07) is 9.93. The summed E-state index contributed by atoms with van der Waals surface area (Å²) in [7, 11) is 0. The minimum atomic E-state index is -0.603. The van der Waals surface area contributed by atoms with Gasteiger partial charge in [-0.1, -0.05) is 23.2 Å². The molecule has 154 valence electrons. The van der Waals surface area contributed by atoms with Crippen LogP contribution in [0.4, 0.5) is 5.69 Å². The number of nitro groups is 1. The summed E-state index contributed by atoms with van der Waals surface area (Å²) in [6.45, 7) is 0. The Morgan fingerprint density at radius 2 is 1.83 bits per heavy atom. The van der Waals surface area contributed by atoms with Gasteiger partial charge in [-0.3, -0.25) is 30.6 Å². The highest BCUT2D eigenvalue weighted by Crippen LogP contribution is 2.30. The highest BCUT2D eigenvalue weighted by molar-refractivity contribution is 6.36. The van der Waals surface area contributed by atoms with Gasteiger partial charge in [-0.15, -0.1) is 0 Å². The second-order valence-corrected chi connectivity index (χ2v) is 6.89. The summed E-state index contributed by atoms with van der Waals surface area (Å²) in [5.74, 6) is -0.296. The summed E-state index contributed by atoms with van der Waals surface area (Å²) in [4.78, 5) is 38.1. The second kappa shape index (κ2) is 9.38. The first kappa shape index (κ1) is 21.3. The lowest BCUT2D eigenvalue weighted by Gasteiger charge is -2.06. The third-order valence-electron chi connectivity index (χ3n) is 3.97. The number of benzene rings is 2. The predicted octanol–water partition coefficient (Wildman–Crippen LogP) is 3.95. The molecule has 0 aliphatic rings. The number of amides is 2. The smallest absolute Gasteiger partial charge is 0.269 e. The van der Waals surface area contributed by atoms with Gasteiger partial charge in [0.15, 0.2) is 11.7 Å². The van der Waals surface area contributed by atoms with Crippen LogP contribution in [-0.4, -0.2) is 21.7 Å². The molecule has 2 amide bonds. The molecule has 2 N–H and O–H groups in total. The molecule has 2 aromatic carbocycles. The molecular weight excluding hydrogens is 435 g/mol. The molecule has 0 aliphatic carbocycles. The van der Waals surface area contributed by atoms with Crippen molar-refractivity contribution in [1.29, 1.82) is 0 Å². The van der Waals surface area contributed by atoms with Gasteiger partial charge in [-0.05, 0) is 30.3 Å². The number of oxazole rings is 1. The van der Waals surface area contributed by atoms with Crippen LogP contribution in [0.3, 0.4) is 0 Å². The van der Waals surface area contributed by atoms with Crippen LogP contribution < -0.4 is 10.9 Å². The molecule has 0 aliphatic heterocycles. The van der Waals surface area contributed by atoms with E-state index in [0.29, 0.717) is 27.3 Å².